The van der Waals surface area contributed by atoms with Crippen molar-refractivity contribution >= 4 is 16.0 Å². The van der Waals surface area contributed by atoms with Gasteiger partial charge in [0.05, 0.1) is 6.20 Å². The Morgan fingerprint density at radius 3 is 2.81 bits per heavy atom. The first-order valence-corrected chi connectivity index (χ1v) is 8.66. The molecule has 3 N–H and O–H groups in total. The Hall–Kier alpha value is -1.41. The van der Waals surface area contributed by atoms with Crippen LogP contribution in [0.2, 0.25) is 0 Å². The number of carbonyl (C=O) groups is 1. The largest absolute Gasteiger partial charge is 0.478 e. The average molecular weight is 313 g/mol. The maximum absolute atomic E-state index is 12.3. The first kappa shape index (κ1) is 14.5. The van der Waals surface area contributed by atoms with Crippen LogP contribution in [-0.2, 0) is 10.0 Å². The van der Waals surface area contributed by atoms with Crippen LogP contribution in [0.4, 0.5) is 0 Å². The van der Waals surface area contributed by atoms with E-state index in [-0.39, 0.29) is 16.6 Å². The summed E-state index contributed by atoms with van der Waals surface area (Å²) in [6.07, 6.45) is 5.69. The summed E-state index contributed by atoms with van der Waals surface area (Å²) >= 11 is 0. The smallest absolute Gasteiger partial charge is 0.340 e. The van der Waals surface area contributed by atoms with Crippen molar-refractivity contribution in [2.24, 2.45) is 17.8 Å². The van der Waals surface area contributed by atoms with E-state index < -0.39 is 16.0 Å². The van der Waals surface area contributed by atoms with Gasteiger partial charge in [0.1, 0.15) is 5.56 Å². The minimum atomic E-state index is -3.89. The molecule has 2 bridgehead atoms. The lowest BCUT2D eigenvalue weighted by Gasteiger charge is -2.28. The Labute approximate surface area is 123 Å². The van der Waals surface area contributed by atoms with Crippen LogP contribution >= 0.6 is 0 Å². The number of carboxylic acids is 1. The third-order valence-corrected chi connectivity index (χ3v) is 6.41. The van der Waals surface area contributed by atoms with Crippen molar-refractivity contribution in [3.8, 4) is 0 Å². The molecule has 7 nitrogen and oxygen atoms in total. The maximum atomic E-state index is 12.3. The molecule has 4 unspecified atom stereocenters. The Morgan fingerprint density at radius 1 is 1.48 bits per heavy atom. The van der Waals surface area contributed by atoms with Crippen molar-refractivity contribution in [1.82, 2.24) is 14.9 Å². The Bertz CT molecular complexity index is 654. The van der Waals surface area contributed by atoms with E-state index in [1.807, 2.05) is 6.92 Å². The van der Waals surface area contributed by atoms with E-state index in [1.54, 1.807) is 0 Å². The molecule has 2 aliphatic rings. The van der Waals surface area contributed by atoms with Gasteiger partial charge in [0.2, 0.25) is 0 Å². The van der Waals surface area contributed by atoms with Crippen LogP contribution in [0.3, 0.4) is 0 Å². The van der Waals surface area contributed by atoms with Gasteiger partial charge in [-0.3, -0.25) is 5.10 Å². The van der Waals surface area contributed by atoms with Crippen LogP contribution in [0.5, 0.6) is 0 Å². The minimum absolute atomic E-state index is 0.199. The van der Waals surface area contributed by atoms with Gasteiger partial charge >= 0.3 is 5.97 Å². The summed E-state index contributed by atoms with van der Waals surface area (Å²) < 4.78 is 27.3. The number of fused-ring (bicyclic) bond motifs is 2. The van der Waals surface area contributed by atoms with Crippen LogP contribution in [-0.4, -0.2) is 35.7 Å². The predicted octanol–water partition coefficient (Wildman–Crippen LogP) is 1.21. The van der Waals surface area contributed by atoms with Gasteiger partial charge in [-0.15, -0.1) is 0 Å². The van der Waals surface area contributed by atoms with E-state index in [9.17, 15) is 13.2 Å². The first-order valence-electron chi connectivity index (χ1n) is 7.17. The highest BCUT2D eigenvalue weighted by Gasteiger charge is 2.43. The quantitative estimate of drug-likeness (QED) is 0.756. The molecular formula is C13H19N3O4S. The topological polar surface area (TPSA) is 112 Å². The molecule has 2 aliphatic carbocycles. The molecule has 3 rings (SSSR count). The van der Waals surface area contributed by atoms with Crippen molar-refractivity contribution in [3.05, 3.63) is 11.8 Å². The van der Waals surface area contributed by atoms with Gasteiger partial charge in [-0.1, -0.05) is 6.42 Å². The second kappa shape index (κ2) is 5.10. The molecule has 0 spiro atoms. The number of carboxylic acid groups (broad SMARTS) is 1. The number of H-pyrrole nitrogens is 1. The fraction of sp³-hybridized carbons (Fsp3) is 0.692. The molecule has 0 saturated heterocycles. The van der Waals surface area contributed by atoms with Gasteiger partial charge < -0.3 is 5.11 Å². The van der Waals surface area contributed by atoms with Crippen LogP contribution < -0.4 is 4.72 Å². The molecule has 8 heteroatoms. The number of rotatable bonds is 5. The van der Waals surface area contributed by atoms with Gasteiger partial charge in [0.25, 0.3) is 10.0 Å². The molecule has 1 aromatic rings. The average Bonchev–Trinajstić information content (AvgIpc) is 3.13. The lowest BCUT2D eigenvalue weighted by Crippen LogP contribution is -2.40. The fourth-order valence-electron chi connectivity index (χ4n) is 3.93. The molecule has 2 saturated carbocycles. The molecule has 2 fully saturated rings. The Balaban J connectivity index is 1.77. The SMILES string of the molecule is CC(NS(=O)(=O)c1[nH]ncc1C(=O)O)C1CC2CCC1C2. The third-order valence-electron chi connectivity index (χ3n) is 4.88. The fourth-order valence-corrected chi connectivity index (χ4v) is 5.31. The summed E-state index contributed by atoms with van der Waals surface area (Å²) in [4.78, 5) is 11.0. The highest BCUT2D eigenvalue weighted by atomic mass is 32.2. The zero-order valence-electron chi connectivity index (χ0n) is 11.7. The van der Waals surface area contributed by atoms with E-state index >= 15 is 0 Å². The Kier molecular flexibility index (Phi) is 3.53. The predicted molar refractivity (Wildman–Crippen MR) is 74.3 cm³/mol. The maximum Gasteiger partial charge on any atom is 0.340 e. The Morgan fingerprint density at radius 2 is 2.24 bits per heavy atom. The zero-order chi connectivity index (χ0) is 15.2. The summed E-state index contributed by atoms with van der Waals surface area (Å²) in [5, 5.41) is 14.4. The monoisotopic (exact) mass is 313 g/mol. The molecule has 116 valence electrons. The number of aromatic amines is 1. The molecular weight excluding hydrogens is 294 g/mol. The van der Waals surface area contributed by atoms with E-state index in [4.69, 9.17) is 5.11 Å². The van der Waals surface area contributed by atoms with Crippen LogP contribution in [0.25, 0.3) is 0 Å². The van der Waals surface area contributed by atoms with Crippen molar-refractivity contribution in [2.45, 2.75) is 43.7 Å². The van der Waals surface area contributed by atoms with E-state index in [0.717, 1.165) is 18.5 Å². The molecule has 0 aliphatic heterocycles. The first-order chi connectivity index (χ1) is 9.88. The zero-order valence-corrected chi connectivity index (χ0v) is 12.6. The number of sulfonamides is 1. The molecule has 21 heavy (non-hydrogen) atoms. The summed E-state index contributed by atoms with van der Waals surface area (Å²) in [6, 6.07) is -0.199. The summed E-state index contributed by atoms with van der Waals surface area (Å²) in [6.45, 7) is 1.86. The van der Waals surface area contributed by atoms with Crippen molar-refractivity contribution in [1.29, 1.82) is 0 Å². The molecule has 0 radical (unpaired) electrons. The van der Waals surface area contributed by atoms with E-state index in [0.29, 0.717) is 11.8 Å². The second-order valence-corrected chi connectivity index (χ2v) is 7.82. The summed E-state index contributed by atoms with van der Waals surface area (Å²) in [7, 11) is -3.89. The number of hydrogen-bond donors (Lipinski definition) is 3. The standard InChI is InChI=1S/C13H19N3O4S/c1-7(10-5-8-2-3-9(10)4-8)16-21(19,20)12-11(13(17)18)6-14-15-12/h6-10,16H,2-5H2,1H3,(H,14,15)(H,17,18). The normalized spacial score (nSPS) is 29.7. The van der Waals surface area contributed by atoms with Crippen molar-refractivity contribution < 1.29 is 18.3 Å². The number of nitrogens with one attached hydrogen (secondary N) is 2. The van der Waals surface area contributed by atoms with Gasteiger partial charge in [-0.05, 0) is 43.9 Å². The highest BCUT2D eigenvalue weighted by molar-refractivity contribution is 7.89. The molecule has 0 amide bonds. The van der Waals surface area contributed by atoms with Crippen LogP contribution in [0, 0.1) is 17.8 Å². The second-order valence-electron chi connectivity index (χ2n) is 6.17. The highest BCUT2D eigenvalue weighted by Crippen LogP contribution is 2.49. The molecule has 0 aromatic carbocycles. The minimum Gasteiger partial charge on any atom is -0.478 e. The summed E-state index contributed by atoms with van der Waals surface area (Å²) in [5.74, 6) is 0.355. The molecule has 1 heterocycles. The van der Waals surface area contributed by atoms with Crippen molar-refractivity contribution in [2.75, 3.05) is 0 Å². The van der Waals surface area contributed by atoms with Gasteiger partial charge in [0.15, 0.2) is 5.03 Å². The van der Waals surface area contributed by atoms with Gasteiger partial charge in [-0.2, -0.15) is 5.10 Å². The molecule has 1 aromatic heterocycles. The van der Waals surface area contributed by atoms with E-state index in [1.165, 1.54) is 19.3 Å². The lowest BCUT2D eigenvalue weighted by molar-refractivity contribution is 0.0692. The van der Waals surface area contributed by atoms with E-state index in [2.05, 4.69) is 14.9 Å². The van der Waals surface area contributed by atoms with Crippen molar-refractivity contribution in [3.63, 3.8) is 0 Å². The summed E-state index contributed by atoms with van der Waals surface area (Å²) in [5.41, 5.74) is -0.331. The molecule has 4 atom stereocenters. The number of aromatic nitrogens is 2. The van der Waals surface area contributed by atoms with Crippen LogP contribution in [0.15, 0.2) is 11.2 Å². The number of aromatic carboxylic acids is 1. The lowest BCUT2D eigenvalue weighted by atomic mass is 9.84. The van der Waals surface area contributed by atoms with Gasteiger partial charge in [0, 0.05) is 6.04 Å². The van der Waals surface area contributed by atoms with Gasteiger partial charge in [-0.25, -0.2) is 17.9 Å². The number of hydrogen-bond acceptors (Lipinski definition) is 4. The van der Waals surface area contributed by atoms with Crippen LogP contribution in [0.1, 0.15) is 43.0 Å². The number of nitrogens with zero attached hydrogens (tertiary/aromatic N) is 1. The third kappa shape index (κ3) is 2.57.